The van der Waals surface area contributed by atoms with Gasteiger partial charge in [-0.25, -0.2) is 0 Å². The Hall–Kier alpha value is 0.300. The van der Waals surface area contributed by atoms with Crippen molar-refractivity contribution in [2.24, 2.45) is 5.73 Å². The summed E-state index contributed by atoms with van der Waals surface area (Å²) in [4.78, 5) is 0. The van der Waals surface area contributed by atoms with Crippen LogP contribution in [0.1, 0.15) is 25.3 Å². The van der Waals surface area contributed by atoms with Gasteiger partial charge in [-0.1, -0.05) is 33.6 Å². The summed E-state index contributed by atoms with van der Waals surface area (Å²) >= 11 is 11.7. The number of hydrogen-bond donors (Lipinski definition) is 1. The second kappa shape index (κ2) is 5.52. The maximum absolute atomic E-state index is 6.36. The summed E-state index contributed by atoms with van der Waals surface area (Å²) in [6.45, 7) is 2.28. The molecule has 2 N–H and O–H groups in total. The van der Waals surface area contributed by atoms with E-state index in [4.69, 9.17) is 17.3 Å². The highest BCUT2D eigenvalue weighted by atomic mass is 79.9. The molecule has 1 saturated heterocycles. The van der Waals surface area contributed by atoms with Crippen molar-refractivity contribution in [1.82, 2.24) is 0 Å². The summed E-state index contributed by atoms with van der Waals surface area (Å²) < 4.78 is 1.23. The molecule has 1 aromatic rings. The van der Waals surface area contributed by atoms with Crippen LogP contribution in [-0.4, -0.2) is 16.5 Å². The van der Waals surface area contributed by atoms with Crippen LogP contribution in [0.4, 0.5) is 0 Å². The second-order valence-corrected chi connectivity index (χ2v) is 7.76. The first-order chi connectivity index (χ1) is 8.01. The van der Waals surface area contributed by atoms with Crippen molar-refractivity contribution in [2.45, 2.75) is 37.0 Å². The van der Waals surface area contributed by atoms with Gasteiger partial charge in [0.2, 0.25) is 0 Å². The normalized spacial score (nSPS) is 26.1. The Kier molecular flexibility index (Phi) is 4.45. The average molecular weight is 335 g/mol. The molecule has 17 heavy (non-hydrogen) atoms. The molecular formula is C13H17BrClNS. The zero-order chi connectivity index (χ0) is 12.5. The van der Waals surface area contributed by atoms with E-state index in [1.807, 2.05) is 23.9 Å². The van der Waals surface area contributed by atoms with Gasteiger partial charge in [0.25, 0.3) is 0 Å². The van der Waals surface area contributed by atoms with E-state index >= 15 is 0 Å². The SMILES string of the molecule is CC1(C(N)Cc2ccc(Br)cc2Cl)CCCS1. The molecule has 1 heterocycles. The fourth-order valence-electron chi connectivity index (χ4n) is 2.23. The van der Waals surface area contributed by atoms with Crippen LogP contribution in [-0.2, 0) is 6.42 Å². The van der Waals surface area contributed by atoms with E-state index in [2.05, 4.69) is 28.9 Å². The van der Waals surface area contributed by atoms with Gasteiger partial charge in [-0.05, 0) is 49.6 Å². The van der Waals surface area contributed by atoms with Crippen molar-refractivity contribution in [2.75, 3.05) is 5.75 Å². The van der Waals surface area contributed by atoms with E-state index in [9.17, 15) is 0 Å². The van der Waals surface area contributed by atoms with Crippen LogP contribution in [0.3, 0.4) is 0 Å². The van der Waals surface area contributed by atoms with E-state index in [1.165, 1.54) is 18.6 Å². The minimum absolute atomic E-state index is 0.175. The summed E-state index contributed by atoms with van der Waals surface area (Å²) in [5, 5.41) is 0.807. The van der Waals surface area contributed by atoms with Crippen LogP contribution in [0.5, 0.6) is 0 Å². The van der Waals surface area contributed by atoms with Gasteiger partial charge in [-0.3, -0.25) is 0 Å². The van der Waals surface area contributed by atoms with E-state index in [1.54, 1.807) is 0 Å². The van der Waals surface area contributed by atoms with E-state index < -0.39 is 0 Å². The van der Waals surface area contributed by atoms with Gasteiger partial charge >= 0.3 is 0 Å². The highest BCUT2D eigenvalue weighted by Gasteiger charge is 2.35. The first-order valence-electron chi connectivity index (χ1n) is 5.85. The zero-order valence-corrected chi connectivity index (χ0v) is 13.0. The first-order valence-corrected chi connectivity index (χ1v) is 8.00. The molecule has 1 nitrogen and oxygen atoms in total. The monoisotopic (exact) mass is 333 g/mol. The largest absolute Gasteiger partial charge is 0.326 e. The Morgan fingerprint density at radius 1 is 1.59 bits per heavy atom. The van der Waals surface area contributed by atoms with Crippen molar-refractivity contribution in [3.05, 3.63) is 33.3 Å². The Morgan fingerprint density at radius 3 is 2.94 bits per heavy atom. The fourth-order valence-corrected chi connectivity index (χ4v) is 4.32. The van der Waals surface area contributed by atoms with Gasteiger partial charge in [0.15, 0.2) is 0 Å². The Labute approximate surface area is 121 Å². The number of rotatable bonds is 3. The summed E-state index contributed by atoms with van der Waals surface area (Å²) in [7, 11) is 0. The van der Waals surface area contributed by atoms with Crippen LogP contribution in [0, 0.1) is 0 Å². The molecule has 0 radical (unpaired) electrons. The summed E-state index contributed by atoms with van der Waals surface area (Å²) in [6.07, 6.45) is 3.35. The minimum atomic E-state index is 0.175. The molecule has 1 fully saturated rings. The van der Waals surface area contributed by atoms with Crippen LogP contribution < -0.4 is 5.73 Å². The topological polar surface area (TPSA) is 26.0 Å². The molecule has 1 aliphatic rings. The maximum Gasteiger partial charge on any atom is 0.0449 e. The van der Waals surface area contributed by atoms with Gasteiger partial charge in [0.05, 0.1) is 0 Å². The van der Waals surface area contributed by atoms with Crippen molar-refractivity contribution in [1.29, 1.82) is 0 Å². The molecule has 1 aromatic carbocycles. The summed E-state index contributed by atoms with van der Waals surface area (Å²) in [5.74, 6) is 1.23. The zero-order valence-electron chi connectivity index (χ0n) is 9.88. The van der Waals surface area contributed by atoms with Crippen LogP contribution in [0.15, 0.2) is 22.7 Å². The van der Waals surface area contributed by atoms with Crippen molar-refractivity contribution in [3.8, 4) is 0 Å². The number of nitrogens with two attached hydrogens (primary N) is 1. The Balaban J connectivity index is 2.10. The highest BCUT2D eigenvalue weighted by Crippen LogP contribution is 2.41. The molecule has 1 aliphatic heterocycles. The summed E-state index contributed by atoms with van der Waals surface area (Å²) in [6, 6.07) is 6.20. The standard InChI is InChI=1S/C13H17BrClNS/c1-13(5-2-6-17-13)12(16)7-9-3-4-10(14)8-11(9)15/h3-4,8,12H,2,5-7,16H2,1H3. The van der Waals surface area contributed by atoms with Crippen LogP contribution in [0.2, 0.25) is 5.02 Å². The average Bonchev–Trinajstić information content (AvgIpc) is 2.71. The molecule has 2 rings (SSSR count). The van der Waals surface area contributed by atoms with Crippen LogP contribution in [0.25, 0.3) is 0 Å². The molecule has 0 aromatic heterocycles. The van der Waals surface area contributed by atoms with Crippen molar-refractivity contribution >= 4 is 39.3 Å². The lowest BCUT2D eigenvalue weighted by atomic mass is 9.91. The third-order valence-electron chi connectivity index (χ3n) is 3.49. The van der Waals surface area contributed by atoms with Crippen molar-refractivity contribution in [3.63, 3.8) is 0 Å². The van der Waals surface area contributed by atoms with Crippen molar-refractivity contribution < 1.29 is 0 Å². The molecule has 0 amide bonds. The van der Waals surface area contributed by atoms with Gasteiger partial charge in [0, 0.05) is 20.3 Å². The second-order valence-electron chi connectivity index (χ2n) is 4.81. The van der Waals surface area contributed by atoms with Gasteiger partial charge in [-0.15, -0.1) is 0 Å². The van der Waals surface area contributed by atoms with E-state index in [-0.39, 0.29) is 10.8 Å². The van der Waals surface area contributed by atoms with E-state index in [0.717, 1.165) is 21.5 Å². The number of halogens is 2. The minimum Gasteiger partial charge on any atom is -0.326 e. The third kappa shape index (κ3) is 3.19. The van der Waals surface area contributed by atoms with E-state index in [0.29, 0.717) is 0 Å². The molecular weight excluding hydrogens is 318 g/mol. The fraction of sp³-hybridized carbons (Fsp3) is 0.538. The molecule has 2 unspecified atom stereocenters. The molecule has 94 valence electrons. The lowest BCUT2D eigenvalue weighted by molar-refractivity contribution is 0.482. The lowest BCUT2D eigenvalue weighted by Gasteiger charge is -2.30. The van der Waals surface area contributed by atoms with Gasteiger partial charge in [-0.2, -0.15) is 11.8 Å². The molecule has 0 spiro atoms. The van der Waals surface area contributed by atoms with Gasteiger partial charge < -0.3 is 5.73 Å². The highest BCUT2D eigenvalue weighted by molar-refractivity contribution is 9.10. The molecule has 0 bridgehead atoms. The maximum atomic E-state index is 6.36. The number of hydrogen-bond acceptors (Lipinski definition) is 2. The molecule has 2 atom stereocenters. The first kappa shape index (κ1) is 13.7. The lowest BCUT2D eigenvalue weighted by Crippen LogP contribution is -2.42. The number of thioether (sulfide) groups is 1. The third-order valence-corrected chi connectivity index (χ3v) is 5.99. The number of benzene rings is 1. The molecule has 0 saturated carbocycles. The smallest absolute Gasteiger partial charge is 0.0449 e. The predicted octanol–water partition coefficient (Wildman–Crippen LogP) is 4.26. The quantitative estimate of drug-likeness (QED) is 0.894. The predicted molar refractivity (Wildman–Crippen MR) is 80.9 cm³/mol. The van der Waals surface area contributed by atoms with Gasteiger partial charge in [0.1, 0.15) is 0 Å². The Bertz CT molecular complexity index is 404. The summed E-state index contributed by atoms with van der Waals surface area (Å²) in [5.41, 5.74) is 7.51. The molecule has 4 heteroatoms. The molecule has 0 aliphatic carbocycles. The van der Waals surface area contributed by atoms with Crippen LogP contribution >= 0.6 is 39.3 Å². The Morgan fingerprint density at radius 2 is 2.35 bits per heavy atom.